The Bertz CT molecular complexity index is 804. The van der Waals surface area contributed by atoms with E-state index in [1.807, 2.05) is 56.5 Å². The number of carbonyl (C=O) groups is 1. The highest BCUT2D eigenvalue weighted by Crippen LogP contribution is 2.34. The maximum absolute atomic E-state index is 11.4. The average Bonchev–Trinajstić information content (AvgIpc) is 2.64. The Labute approximate surface area is 171 Å². The molecular formula is C23H30O4S. The van der Waals surface area contributed by atoms with Gasteiger partial charge in [-0.3, -0.25) is 0 Å². The summed E-state index contributed by atoms with van der Waals surface area (Å²) in [6, 6.07) is 12.1. The van der Waals surface area contributed by atoms with Crippen LogP contribution in [0, 0.1) is 13.8 Å². The number of aryl methyl sites for hydroxylation is 2. The van der Waals surface area contributed by atoms with Crippen molar-refractivity contribution < 1.29 is 19.7 Å². The van der Waals surface area contributed by atoms with Gasteiger partial charge in [-0.15, -0.1) is 11.8 Å². The van der Waals surface area contributed by atoms with Crippen molar-refractivity contribution in [3.05, 3.63) is 58.7 Å². The Balaban J connectivity index is 2.17. The highest BCUT2D eigenvalue weighted by atomic mass is 32.2. The Morgan fingerprint density at radius 2 is 1.64 bits per heavy atom. The molecule has 2 N–H and O–H groups in total. The molecule has 5 heteroatoms. The third-order valence-electron chi connectivity index (χ3n) is 5.00. The van der Waals surface area contributed by atoms with E-state index < -0.39 is 17.7 Å². The Morgan fingerprint density at radius 1 is 1.11 bits per heavy atom. The standard InChI is InChI=1S/C23H30O4S/c1-14(13-20(24)17-7-9-19(28-6)10-8-17)18-11-15(2)21(16(3)12-18)27-23(4,5)22(25)26/h7-12,14,20,24H,13H2,1-6H3,(H,25,26). The number of aliphatic hydroxyl groups is 1. The molecule has 0 heterocycles. The molecule has 2 aromatic rings. The summed E-state index contributed by atoms with van der Waals surface area (Å²) < 4.78 is 5.78. The molecule has 0 saturated carbocycles. The number of carboxylic acid groups (broad SMARTS) is 1. The number of hydrogen-bond acceptors (Lipinski definition) is 4. The van der Waals surface area contributed by atoms with Gasteiger partial charge >= 0.3 is 5.97 Å². The summed E-state index contributed by atoms with van der Waals surface area (Å²) in [5.74, 6) is -0.245. The predicted octanol–water partition coefficient (Wildman–Crippen LogP) is 5.49. The first-order chi connectivity index (χ1) is 13.0. The summed E-state index contributed by atoms with van der Waals surface area (Å²) in [6.07, 6.45) is 2.11. The van der Waals surface area contributed by atoms with Crippen molar-refractivity contribution in [2.45, 2.75) is 63.6 Å². The van der Waals surface area contributed by atoms with Crippen molar-refractivity contribution in [1.29, 1.82) is 0 Å². The maximum atomic E-state index is 11.4. The second kappa shape index (κ2) is 9.01. The SMILES string of the molecule is CSc1ccc(C(O)CC(C)c2cc(C)c(OC(C)(C)C(=O)O)c(C)c2)cc1. The van der Waals surface area contributed by atoms with Gasteiger partial charge in [0.2, 0.25) is 0 Å². The topological polar surface area (TPSA) is 66.8 Å². The van der Waals surface area contributed by atoms with Crippen LogP contribution < -0.4 is 4.74 Å². The molecule has 2 atom stereocenters. The van der Waals surface area contributed by atoms with Crippen molar-refractivity contribution >= 4 is 17.7 Å². The van der Waals surface area contributed by atoms with Crippen LogP contribution >= 0.6 is 11.8 Å². The van der Waals surface area contributed by atoms with Crippen LogP contribution in [0.15, 0.2) is 41.3 Å². The van der Waals surface area contributed by atoms with Gasteiger partial charge in [0.15, 0.2) is 5.60 Å². The summed E-state index contributed by atoms with van der Waals surface area (Å²) >= 11 is 1.68. The van der Waals surface area contributed by atoms with Gasteiger partial charge < -0.3 is 14.9 Å². The van der Waals surface area contributed by atoms with E-state index in [4.69, 9.17) is 4.74 Å². The smallest absolute Gasteiger partial charge is 0.347 e. The summed E-state index contributed by atoms with van der Waals surface area (Å²) in [5.41, 5.74) is 2.53. The number of rotatable bonds is 8. The molecule has 0 aromatic heterocycles. The fourth-order valence-corrected chi connectivity index (χ4v) is 3.57. The van der Waals surface area contributed by atoms with Gasteiger partial charge in [0.25, 0.3) is 0 Å². The van der Waals surface area contributed by atoms with Gasteiger partial charge in [0.1, 0.15) is 5.75 Å². The lowest BCUT2D eigenvalue weighted by atomic mass is 9.90. The van der Waals surface area contributed by atoms with Crippen LogP contribution in [-0.2, 0) is 4.79 Å². The number of aliphatic hydroxyl groups excluding tert-OH is 1. The second-order valence-electron chi connectivity index (χ2n) is 7.83. The lowest BCUT2D eigenvalue weighted by molar-refractivity contribution is -0.152. The molecule has 0 saturated heterocycles. The van der Waals surface area contributed by atoms with Crippen LogP contribution in [0.5, 0.6) is 5.75 Å². The minimum Gasteiger partial charge on any atom is -0.478 e. The molecule has 0 aliphatic carbocycles. The van der Waals surface area contributed by atoms with Crippen LogP contribution in [0.4, 0.5) is 0 Å². The molecule has 0 amide bonds. The van der Waals surface area contributed by atoms with E-state index in [2.05, 4.69) is 6.92 Å². The molecule has 0 spiro atoms. The molecule has 152 valence electrons. The van der Waals surface area contributed by atoms with Gasteiger partial charge in [-0.25, -0.2) is 4.79 Å². The van der Waals surface area contributed by atoms with E-state index in [0.29, 0.717) is 12.2 Å². The Kier molecular flexibility index (Phi) is 7.18. The number of hydrogen-bond donors (Lipinski definition) is 2. The van der Waals surface area contributed by atoms with Gasteiger partial charge in [0.05, 0.1) is 6.10 Å². The van der Waals surface area contributed by atoms with Gasteiger partial charge in [-0.1, -0.05) is 31.2 Å². The van der Waals surface area contributed by atoms with Crippen LogP contribution in [0.1, 0.15) is 61.5 Å². The Morgan fingerprint density at radius 3 is 2.11 bits per heavy atom. The first kappa shape index (κ1) is 22.3. The highest BCUT2D eigenvalue weighted by molar-refractivity contribution is 7.98. The van der Waals surface area contributed by atoms with Crippen molar-refractivity contribution in [3.8, 4) is 5.75 Å². The normalized spacial score (nSPS) is 13.8. The minimum atomic E-state index is -1.29. The first-order valence-electron chi connectivity index (χ1n) is 9.40. The van der Waals surface area contributed by atoms with Gasteiger partial charge in [0, 0.05) is 4.90 Å². The maximum Gasteiger partial charge on any atom is 0.347 e. The van der Waals surface area contributed by atoms with E-state index >= 15 is 0 Å². The molecule has 28 heavy (non-hydrogen) atoms. The van der Waals surface area contributed by atoms with Crippen LogP contribution in [0.3, 0.4) is 0 Å². The number of thioether (sulfide) groups is 1. The molecule has 0 radical (unpaired) electrons. The fraction of sp³-hybridized carbons (Fsp3) is 0.435. The largest absolute Gasteiger partial charge is 0.478 e. The zero-order valence-electron chi connectivity index (χ0n) is 17.4. The number of benzene rings is 2. The van der Waals surface area contributed by atoms with Crippen LogP contribution in [0.2, 0.25) is 0 Å². The van der Waals surface area contributed by atoms with E-state index in [1.165, 1.54) is 4.90 Å². The molecule has 0 fully saturated rings. The number of carboxylic acids is 1. The molecule has 4 nitrogen and oxygen atoms in total. The molecular weight excluding hydrogens is 372 g/mol. The van der Waals surface area contributed by atoms with Crippen molar-refractivity contribution in [3.63, 3.8) is 0 Å². The summed E-state index contributed by atoms with van der Waals surface area (Å²) in [7, 11) is 0. The number of aliphatic carboxylic acids is 1. The zero-order valence-corrected chi connectivity index (χ0v) is 18.3. The molecule has 2 rings (SSSR count). The lowest BCUT2D eigenvalue weighted by Crippen LogP contribution is -2.38. The van der Waals surface area contributed by atoms with Crippen LogP contribution in [0.25, 0.3) is 0 Å². The van der Waals surface area contributed by atoms with Crippen molar-refractivity contribution in [1.82, 2.24) is 0 Å². The van der Waals surface area contributed by atoms with E-state index in [-0.39, 0.29) is 5.92 Å². The molecule has 0 bridgehead atoms. The highest BCUT2D eigenvalue weighted by Gasteiger charge is 2.30. The van der Waals surface area contributed by atoms with Gasteiger partial charge in [-0.2, -0.15) is 0 Å². The van der Waals surface area contributed by atoms with Gasteiger partial charge in [-0.05, 0) is 80.7 Å². The van der Waals surface area contributed by atoms with E-state index in [0.717, 1.165) is 22.3 Å². The predicted molar refractivity (Wildman–Crippen MR) is 114 cm³/mol. The molecule has 2 aromatic carbocycles. The minimum absolute atomic E-state index is 0.147. The fourth-order valence-electron chi connectivity index (χ4n) is 3.16. The van der Waals surface area contributed by atoms with Crippen molar-refractivity contribution in [2.75, 3.05) is 6.26 Å². The zero-order chi connectivity index (χ0) is 21.1. The van der Waals surface area contributed by atoms with E-state index in [9.17, 15) is 15.0 Å². The molecule has 0 aliphatic rings. The third kappa shape index (κ3) is 5.30. The average molecular weight is 403 g/mol. The quantitative estimate of drug-likeness (QED) is 0.571. The Hall–Kier alpha value is -1.98. The first-order valence-corrected chi connectivity index (χ1v) is 10.6. The number of ether oxygens (including phenoxy) is 1. The molecule has 2 unspecified atom stereocenters. The summed E-state index contributed by atoms with van der Waals surface area (Å²) in [4.78, 5) is 12.5. The third-order valence-corrected chi connectivity index (χ3v) is 5.74. The molecule has 0 aliphatic heterocycles. The lowest BCUT2D eigenvalue weighted by Gasteiger charge is -2.25. The monoisotopic (exact) mass is 402 g/mol. The second-order valence-corrected chi connectivity index (χ2v) is 8.71. The van der Waals surface area contributed by atoms with E-state index in [1.54, 1.807) is 25.6 Å². The summed E-state index contributed by atoms with van der Waals surface area (Å²) in [5, 5.41) is 19.9. The summed E-state index contributed by atoms with van der Waals surface area (Å²) in [6.45, 7) is 9.03. The van der Waals surface area contributed by atoms with Crippen molar-refractivity contribution in [2.24, 2.45) is 0 Å². The van der Waals surface area contributed by atoms with Crippen LogP contribution in [-0.4, -0.2) is 28.0 Å².